The lowest BCUT2D eigenvalue weighted by atomic mass is 9.75. The Balaban J connectivity index is 0.000000993. The molecule has 0 saturated heterocycles. The standard InChI is InChI=1S/C43H54N8O3.C3H6.C2H4O2.CH2O2/c1-7-12-34(45-5)42(53)51(6)22-11-9-14-40-48-33-19-16-28(24-35(33)49-40)29-15-18-31-38(25-29)54-37-20-17-30(23-32(37)43(31,2)3)36-26-47-39(50-36)13-8-10-21-46-41(52)27-44-4;1-3-2;1-4-2-3;2-1-3/h7,15-20,23-26,34,44-45H,1,8-14,21-22,27H2,2-6H3,(H,46,52)(H,47,50)(H,48,49);3H,1H2,2H3;2H,1H3;1H,(H,2,3)/t34-;;;/m0.../s1. The first-order valence-electron chi connectivity index (χ1n) is 21.4. The van der Waals surface area contributed by atoms with Gasteiger partial charge in [-0.05, 0) is 101 Å². The number of carboxylic acid groups (broad SMARTS) is 1. The number of rotatable bonds is 19. The van der Waals surface area contributed by atoms with Gasteiger partial charge >= 0.3 is 0 Å². The first-order valence-corrected chi connectivity index (χ1v) is 21.4. The third kappa shape index (κ3) is 14.8. The first kappa shape index (κ1) is 51.8. The maximum absolute atomic E-state index is 12.7. The number of aromatic nitrogens is 4. The Kier molecular flexibility index (Phi) is 21.7. The van der Waals surface area contributed by atoms with Crippen molar-refractivity contribution in [3.63, 3.8) is 0 Å². The van der Waals surface area contributed by atoms with E-state index in [1.165, 1.54) is 7.11 Å². The number of carbonyl (C=O) groups is 4. The molecule has 15 heteroatoms. The van der Waals surface area contributed by atoms with Gasteiger partial charge in [0.1, 0.15) is 23.1 Å². The van der Waals surface area contributed by atoms with Gasteiger partial charge in [-0.25, -0.2) is 9.97 Å². The van der Waals surface area contributed by atoms with E-state index in [0.29, 0.717) is 32.5 Å². The van der Waals surface area contributed by atoms with Crippen LogP contribution in [-0.2, 0) is 42.2 Å². The topological polar surface area (TPSA) is 204 Å². The monoisotopic (exact) mass is 879 g/mol. The maximum atomic E-state index is 12.7. The molecule has 3 heterocycles. The Morgan fingerprint density at radius 2 is 1.58 bits per heavy atom. The summed E-state index contributed by atoms with van der Waals surface area (Å²) in [5.41, 5.74) is 8.17. The van der Waals surface area contributed by atoms with Crippen LogP contribution in [0.4, 0.5) is 0 Å². The molecule has 0 unspecified atom stereocenters. The van der Waals surface area contributed by atoms with Crippen molar-refractivity contribution in [3.05, 3.63) is 109 Å². The van der Waals surface area contributed by atoms with Crippen LogP contribution in [0.5, 0.6) is 11.5 Å². The van der Waals surface area contributed by atoms with Crippen LogP contribution in [0.3, 0.4) is 0 Å². The third-order valence-electron chi connectivity index (χ3n) is 10.5. The van der Waals surface area contributed by atoms with Gasteiger partial charge in [0, 0.05) is 55.1 Å². The summed E-state index contributed by atoms with van der Waals surface area (Å²) in [6.45, 7) is 15.3. The molecule has 0 aliphatic carbocycles. The zero-order valence-corrected chi connectivity index (χ0v) is 38.4. The fraction of sp³-hybridized carbons (Fsp3) is 0.388. The summed E-state index contributed by atoms with van der Waals surface area (Å²) in [7, 11) is 6.75. The number of ether oxygens (including phenoxy) is 2. The largest absolute Gasteiger partial charge is 0.483 e. The van der Waals surface area contributed by atoms with E-state index in [9.17, 15) is 9.59 Å². The lowest BCUT2D eigenvalue weighted by Gasteiger charge is -2.35. The number of nitrogens with zero attached hydrogens (tertiary/aromatic N) is 3. The van der Waals surface area contributed by atoms with Crippen LogP contribution < -0.4 is 20.7 Å². The molecule has 6 rings (SSSR count). The smallest absolute Gasteiger partial charge is 0.292 e. The highest BCUT2D eigenvalue weighted by Crippen LogP contribution is 2.49. The zero-order chi connectivity index (χ0) is 47.1. The van der Waals surface area contributed by atoms with Crippen molar-refractivity contribution in [2.75, 3.05) is 47.9 Å². The summed E-state index contributed by atoms with van der Waals surface area (Å²) in [5, 5.41) is 15.8. The molecule has 2 amide bonds. The molecule has 0 fully saturated rings. The molecule has 2 aromatic heterocycles. The average Bonchev–Trinajstić information content (AvgIpc) is 3.94. The number of aryl methyl sites for hydroxylation is 2. The van der Waals surface area contributed by atoms with Crippen molar-refractivity contribution >= 4 is 35.8 Å². The normalized spacial score (nSPS) is 12.1. The summed E-state index contributed by atoms with van der Waals surface area (Å²) >= 11 is 0. The molecular weight excluding hydrogens is 813 g/mol. The van der Waals surface area contributed by atoms with Crippen LogP contribution in [-0.4, -0.2) is 109 Å². The van der Waals surface area contributed by atoms with Crippen LogP contribution in [0.25, 0.3) is 33.4 Å². The van der Waals surface area contributed by atoms with E-state index in [1.807, 2.05) is 27.2 Å². The van der Waals surface area contributed by atoms with Crippen molar-refractivity contribution in [1.82, 2.24) is 40.8 Å². The van der Waals surface area contributed by atoms with E-state index >= 15 is 0 Å². The summed E-state index contributed by atoms with van der Waals surface area (Å²) < 4.78 is 10.4. The number of carbonyl (C=O) groups excluding carboxylic acids is 3. The molecular formula is C49H66N8O7. The van der Waals surface area contributed by atoms with Gasteiger partial charge in [-0.3, -0.25) is 19.2 Å². The van der Waals surface area contributed by atoms with Crippen LogP contribution in [0.2, 0.25) is 0 Å². The number of nitrogens with one attached hydrogen (secondary N) is 5. The van der Waals surface area contributed by atoms with Gasteiger partial charge in [-0.2, -0.15) is 0 Å². The molecule has 0 bridgehead atoms. The number of likely N-dealkylation sites (N-methyl/N-ethyl adjacent to an activating group) is 3. The number of aromatic amines is 2. The Bertz CT molecular complexity index is 2280. The average molecular weight is 879 g/mol. The van der Waals surface area contributed by atoms with Crippen LogP contribution in [0, 0.1) is 0 Å². The predicted octanol–water partition coefficient (Wildman–Crippen LogP) is 7.34. The Labute approximate surface area is 377 Å². The van der Waals surface area contributed by atoms with E-state index in [4.69, 9.17) is 24.4 Å². The molecule has 344 valence electrons. The number of H-pyrrole nitrogens is 2. The predicted molar refractivity (Wildman–Crippen MR) is 254 cm³/mol. The summed E-state index contributed by atoms with van der Waals surface area (Å²) in [5.74, 6) is 3.73. The maximum Gasteiger partial charge on any atom is 0.292 e. The highest BCUT2D eigenvalue weighted by atomic mass is 16.5. The lowest BCUT2D eigenvalue weighted by molar-refractivity contribution is -0.132. The van der Waals surface area contributed by atoms with Crippen LogP contribution in [0.1, 0.15) is 75.7 Å². The second-order valence-corrected chi connectivity index (χ2v) is 15.6. The molecule has 3 aromatic carbocycles. The minimum Gasteiger partial charge on any atom is -0.483 e. The molecule has 5 aromatic rings. The fourth-order valence-electron chi connectivity index (χ4n) is 7.23. The second-order valence-electron chi connectivity index (χ2n) is 15.6. The molecule has 6 N–H and O–H groups in total. The molecule has 0 spiro atoms. The number of imidazole rings is 2. The van der Waals surface area contributed by atoms with E-state index in [1.54, 1.807) is 24.1 Å². The molecule has 64 heavy (non-hydrogen) atoms. The first-order chi connectivity index (χ1) is 30.8. The number of hydrogen-bond donors (Lipinski definition) is 6. The van der Waals surface area contributed by atoms with E-state index in [0.717, 1.165) is 106 Å². The third-order valence-corrected chi connectivity index (χ3v) is 10.5. The lowest BCUT2D eigenvalue weighted by Crippen LogP contribution is -2.43. The van der Waals surface area contributed by atoms with Crippen molar-refractivity contribution < 1.29 is 33.8 Å². The van der Waals surface area contributed by atoms with Gasteiger partial charge in [0.05, 0.1) is 42.6 Å². The Hall–Kier alpha value is -6.58. The number of allylic oxidation sites excluding steroid dienone is 1. The van der Waals surface area contributed by atoms with E-state index in [2.05, 4.69) is 117 Å². The van der Waals surface area contributed by atoms with Gasteiger partial charge in [0.15, 0.2) is 0 Å². The number of fused-ring (bicyclic) bond motifs is 3. The summed E-state index contributed by atoms with van der Waals surface area (Å²) in [6.07, 6.45) is 11.3. The number of amides is 2. The summed E-state index contributed by atoms with van der Waals surface area (Å²) in [6, 6.07) is 19.0. The van der Waals surface area contributed by atoms with Crippen LogP contribution in [0.15, 0.2) is 86.1 Å². The van der Waals surface area contributed by atoms with Gasteiger partial charge in [-0.15, -0.1) is 13.2 Å². The zero-order valence-electron chi connectivity index (χ0n) is 38.4. The Morgan fingerprint density at radius 3 is 2.25 bits per heavy atom. The van der Waals surface area contributed by atoms with Crippen molar-refractivity contribution in [3.8, 4) is 33.9 Å². The van der Waals surface area contributed by atoms with Gasteiger partial charge < -0.3 is 45.4 Å². The Morgan fingerprint density at radius 1 is 0.922 bits per heavy atom. The minimum absolute atomic E-state index is 0.0175. The minimum atomic E-state index is -0.275. The summed E-state index contributed by atoms with van der Waals surface area (Å²) in [4.78, 5) is 59.9. The number of unbranched alkanes of at least 4 members (excludes halogenated alkanes) is 2. The highest BCUT2D eigenvalue weighted by molar-refractivity contribution is 5.83. The number of benzene rings is 3. The number of methoxy groups -OCH3 is 1. The van der Waals surface area contributed by atoms with E-state index in [-0.39, 0.29) is 29.7 Å². The molecule has 15 nitrogen and oxygen atoms in total. The molecule has 1 atom stereocenters. The van der Waals surface area contributed by atoms with Gasteiger partial charge in [0.2, 0.25) is 11.8 Å². The SMILES string of the molecule is C=CC.C=CC[C@H](NC)C(=O)N(C)CCCCc1nc2ccc(-c3ccc4c(c3)Oc3ccc(-c5cnc(CCCCNC(=O)CNC)[nH]5)cc3C4(C)C)cc2[nH]1.COC=O.O=CO. The fourth-order valence-corrected chi connectivity index (χ4v) is 7.23. The number of hydrogen-bond acceptors (Lipinski definition) is 10. The van der Waals surface area contributed by atoms with Crippen molar-refractivity contribution in [2.24, 2.45) is 0 Å². The molecule has 0 radical (unpaired) electrons. The highest BCUT2D eigenvalue weighted by Gasteiger charge is 2.35. The quantitative estimate of drug-likeness (QED) is 0.0275. The van der Waals surface area contributed by atoms with Crippen molar-refractivity contribution in [2.45, 2.75) is 77.2 Å². The molecule has 1 aliphatic heterocycles. The van der Waals surface area contributed by atoms with Gasteiger partial charge in [-0.1, -0.05) is 44.2 Å². The molecule has 1 aliphatic rings. The van der Waals surface area contributed by atoms with E-state index < -0.39 is 0 Å². The molecule has 0 saturated carbocycles. The van der Waals surface area contributed by atoms with Gasteiger partial charge in [0.25, 0.3) is 12.9 Å². The second kappa shape index (κ2) is 26.8. The van der Waals surface area contributed by atoms with Crippen molar-refractivity contribution in [1.29, 1.82) is 0 Å². The van der Waals surface area contributed by atoms with Crippen LogP contribution >= 0.6 is 0 Å².